The minimum absolute atomic E-state index is 0.0200. The summed E-state index contributed by atoms with van der Waals surface area (Å²) in [6, 6.07) is 9.74. The molecule has 34 heavy (non-hydrogen) atoms. The van der Waals surface area contributed by atoms with E-state index in [9.17, 15) is 14.7 Å². The molecule has 2 aliphatic rings. The highest BCUT2D eigenvalue weighted by Crippen LogP contribution is 2.36. The molecular formula is C24H29N5O5. The van der Waals surface area contributed by atoms with Gasteiger partial charge in [-0.1, -0.05) is 12.1 Å². The van der Waals surface area contributed by atoms with Gasteiger partial charge in [0.25, 0.3) is 0 Å². The van der Waals surface area contributed by atoms with Crippen LogP contribution in [-0.4, -0.2) is 72.2 Å². The molecule has 0 bridgehead atoms. The van der Waals surface area contributed by atoms with Gasteiger partial charge >= 0.3 is 5.97 Å². The van der Waals surface area contributed by atoms with Crippen molar-refractivity contribution in [3.05, 3.63) is 48.2 Å². The Labute approximate surface area is 198 Å². The van der Waals surface area contributed by atoms with Crippen LogP contribution in [0.5, 0.6) is 11.5 Å². The molecule has 2 atom stereocenters. The molecule has 2 N–H and O–H groups in total. The van der Waals surface area contributed by atoms with Crippen molar-refractivity contribution in [1.29, 1.82) is 0 Å². The van der Waals surface area contributed by atoms with Crippen LogP contribution in [0.1, 0.15) is 25.5 Å². The van der Waals surface area contributed by atoms with Crippen LogP contribution in [0.4, 0.5) is 5.82 Å². The molecule has 0 unspecified atom stereocenters. The normalized spacial score (nSPS) is 20.4. The number of pyridine rings is 1. The molecule has 10 heteroatoms. The van der Waals surface area contributed by atoms with Gasteiger partial charge < -0.3 is 24.4 Å². The van der Waals surface area contributed by atoms with Crippen LogP contribution in [0.2, 0.25) is 0 Å². The highest BCUT2D eigenvalue weighted by Gasteiger charge is 2.42. The minimum atomic E-state index is -1.14. The lowest BCUT2D eigenvalue weighted by molar-refractivity contribution is -0.153. The van der Waals surface area contributed by atoms with Gasteiger partial charge in [0.1, 0.15) is 11.9 Å². The number of rotatable bonds is 6. The van der Waals surface area contributed by atoms with Gasteiger partial charge in [-0.2, -0.15) is 0 Å². The van der Waals surface area contributed by atoms with Crippen molar-refractivity contribution in [3.63, 3.8) is 0 Å². The van der Waals surface area contributed by atoms with Crippen LogP contribution in [-0.2, 0) is 14.3 Å². The Hall–Kier alpha value is -3.82. The zero-order valence-electron chi connectivity index (χ0n) is 19.3. The number of benzene rings is 1. The highest BCUT2D eigenvalue weighted by molar-refractivity contribution is 6.08. The molecule has 1 aromatic heterocycles. The van der Waals surface area contributed by atoms with E-state index in [1.54, 1.807) is 25.3 Å². The number of phenolic OH excluding ortho intramolecular Hbond substituents is 1. The standard InChI is InChI=1S/C24H29N5O5/c1-3-33-18-15-16(8-9-17(18)30)21-20(23(32)34-4-2)22(31)27-24(26-21)29-13-11-28(12-14-29)19-7-5-6-10-25-19/h5-10,15,20-21,30H,3-4,11-14H2,1-2H3,(H,26,27,31)/t20-,21+/m1/s1. The molecule has 4 rings (SSSR count). The molecule has 3 heterocycles. The number of carbonyl (C=O) groups is 2. The Kier molecular flexibility index (Phi) is 7.15. The lowest BCUT2D eigenvalue weighted by atomic mass is 9.91. The summed E-state index contributed by atoms with van der Waals surface area (Å²) >= 11 is 0. The van der Waals surface area contributed by atoms with Crippen molar-refractivity contribution in [2.24, 2.45) is 10.9 Å². The van der Waals surface area contributed by atoms with E-state index >= 15 is 0 Å². The molecule has 180 valence electrons. The maximum absolute atomic E-state index is 13.1. The second kappa shape index (κ2) is 10.4. The topological polar surface area (TPSA) is 117 Å². The quantitative estimate of drug-likeness (QED) is 0.487. The summed E-state index contributed by atoms with van der Waals surface area (Å²) in [5, 5.41) is 12.9. The van der Waals surface area contributed by atoms with E-state index in [2.05, 4.69) is 15.2 Å². The first-order valence-electron chi connectivity index (χ1n) is 11.4. The number of nitrogens with one attached hydrogen (secondary N) is 1. The van der Waals surface area contributed by atoms with Crippen LogP contribution >= 0.6 is 0 Å². The van der Waals surface area contributed by atoms with Crippen LogP contribution in [0.3, 0.4) is 0 Å². The minimum Gasteiger partial charge on any atom is -0.504 e. The van der Waals surface area contributed by atoms with Gasteiger partial charge in [-0.3, -0.25) is 14.9 Å². The maximum Gasteiger partial charge on any atom is 0.321 e. The third-order valence-corrected chi connectivity index (χ3v) is 5.81. The molecule has 1 amide bonds. The number of phenols is 1. The number of carbonyl (C=O) groups excluding carboxylic acids is 2. The van der Waals surface area contributed by atoms with Crippen molar-refractivity contribution in [1.82, 2.24) is 15.2 Å². The number of ether oxygens (including phenoxy) is 2. The summed E-state index contributed by atoms with van der Waals surface area (Å²) in [6.07, 6.45) is 1.77. The first-order valence-corrected chi connectivity index (χ1v) is 11.4. The molecule has 10 nitrogen and oxygen atoms in total. The first kappa shape index (κ1) is 23.3. The molecule has 2 aliphatic heterocycles. The predicted octanol–water partition coefficient (Wildman–Crippen LogP) is 1.71. The summed E-state index contributed by atoms with van der Waals surface area (Å²) in [4.78, 5) is 39.1. The number of amides is 1. The number of piperazine rings is 1. The van der Waals surface area contributed by atoms with Crippen molar-refractivity contribution < 1.29 is 24.2 Å². The van der Waals surface area contributed by atoms with Gasteiger partial charge in [-0.25, -0.2) is 9.98 Å². The van der Waals surface area contributed by atoms with E-state index in [4.69, 9.17) is 14.5 Å². The van der Waals surface area contributed by atoms with E-state index in [1.165, 1.54) is 6.07 Å². The fourth-order valence-electron chi connectivity index (χ4n) is 4.14. The van der Waals surface area contributed by atoms with Crippen LogP contribution in [0.25, 0.3) is 0 Å². The van der Waals surface area contributed by atoms with E-state index in [0.29, 0.717) is 44.3 Å². The van der Waals surface area contributed by atoms with Crippen molar-refractivity contribution in [2.75, 3.05) is 44.3 Å². The van der Waals surface area contributed by atoms with Crippen molar-refractivity contribution in [2.45, 2.75) is 19.9 Å². The second-order valence-corrected chi connectivity index (χ2v) is 7.94. The van der Waals surface area contributed by atoms with Gasteiger partial charge in [0.05, 0.1) is 13.2 Å². The van der Waals surface area contributed by atoms with Crippen LogP contribution < -0.4 is 15.0 Å². The molecule has 1 fully saturated rings. The number of anilines is 1. The van der Waals surface area contributed by atoms with E-state index in [-0.39, 0.29) is 18.1 Å². The van der Waals surface area contributed by atoms with Crippen molar-refractivity contribution >= 4 is 23.7 Å². The second-order valence-electron chi connectivity index (χ2n) is 7.94. The Balaban J connectivity index is 1.61. The van der Waals surface area contributed by atoms with Gasteiger partial charge in [-0.15, -0.1) is 0 Å². The highest BCUT2D eigenvalue weighted by atomic mass is 16.5. The molecule has 1 aromatic carbocycles. The number of aromatic nitrogens is 1. The van der Waals surface area contributed by atoms with E-state index < -0.39 is 23.8 Å². The number of guanidine groups is 1. The average molecular weight is 468 g/mol. The van der Waals surface area contributed by atoms with Gasteiger partial charge in [0, 0.05) is 32.4 Å². The molecular weight excluding hydrogens is 438 g/mol. The zero-order valence-corrected chi connectivity index (χ0v) is 19.3. The summed E-state index contributed by atoms with van der Waals surface area (Å²) in [6.45, 7) is 6.70. The third kappa shape index (κ3) is 4.90. The Morgan fingerprint density at radius 3 is 2.56 bits per heavy atom. The van der Waals surface area contributed by atoms with Gasteiger partial charge in [-0.05, 0) is 43.7 Å². The summed E-state index contributed by atoms with van der Waals surface area (Å²) in [7, 11) is 0. The third-order valence-electron chi connectivity index (χ3n) is 5.81. The number of nitrogens with zero attached hydrogens (tertiary/aromatic N) is 4. The maximum atomic E-state index is 13.1. The van der Waals surface area contributed by atoms with E-state index in [1.807, 2.05) is 30.0 Å². The number of hydrogen-bond donors (Lipinski definition) is 2. The Morgan fingerprint density at radius 1 is 1.12 bits per heavy atom. The smallest absolute Gasteiger partial charge is 0.321 e. The van der Waals surface area contributed by atoms with Gasteiger partial charge in [0.2, 0.25) is 11.9 Å². The summed E-state index contributed by atoms with van der Waals surface area (Å²) < 4.78 is 10.7. The number of aliphatic imine (C=N–C) groups is 1. The molecule has 2 aromatic rings. The van der Waals surface area contributed by atoms with Gasteiger partial charge in [0.15, 0.2) is 17.4 Å². The van der Waals surface area contributed by atoms with Crippen LogP contribution in [0.15, 0.2) is 47.6 Å². The predicted molar refractivity (Wildman–Crippen MR) is 126 cm³/mol. The van der Waals surface area contributed by atoms with E-state index in [0.717, 1.165) is 5.82 Å². The molecule has 0 saturated carbocycles. The largest absolute Gasteiger partial charge is 0.504 e. The first-order chi connectivity index (χ1) is 16.5. The molecule has 1 saturated heterocycles. The summed E-state index contributed by atoms with van der Waals surface area (Å²) in [5.74, 6) is -0.669. The molecule has 0 radical (unpaired) electrons. The SMILES string of the molecule is CCOC(=O)[C@H]1C(=O)NC(N2CCN(c3ccccn3)CC2)=N[C@H]1c1ccc(O)c(OCC)c1. The number of hydrogen-bond acceptors (Lipinski definition) is 9. The fourth-order valence-corrected chi connectivity index (χ4v) is 4.14. The average Bonchev–Trinajstić information content (AvgIpc) is 2.86. The molecule has 0 spiro atoms. The Bertz CT molecular complexity index is 1050. The monoisotopic (exact) mass is 467 g/mol. The number of esters is 1. The Morgan fingerprint density at radius 2 is 1.88 bits per heavy atom. The summed E-state index contributed by atoms with van der Waals surface area (Å²) in [5.41, 5.74) is 0.582. The fraction of sp³-hybridized carbons (Fsp3) is 0.417. The van der Waals surface area contributed by atoms with Crippen LogP contribution in [0, 0.1) is 5.92 Å². The lowest BCUT2D eigenvalue weighted by Gasteiger charge is -2.39. The number of aromatic hydroxyl groups is 1. The van der Waals surface area contributed by atoms with Crippen molar-refractivity contribution in [3.8, 4) is 11.5 Å². The molecule has 0 aliphatic carbocycles. The lowest BCUT2D eigenvalue weighted by Crippen LogP contribution is -2.57. The zero-order chi connectivity index (χ0) is 24.1.